The number of rotatable bonds is 43. The summed E-state index contributed by atoms with van der Waals surface area (Å²) in [4.78, 5) is 37.8. The molecule has 0 spiro atoms. The minimum atomic E-state index is -0.818. The molecular weight excluding hydrogens is 757 g/mol. The van der Waals surface area contributed by atoms with Gasteiger partial charge in [0.1, 0.15) is 13.2 Å². The highest BCUT2D eigenvalue weighted by molar-refractivity contribution is 5.71. The van der Waals surface area contributed by atoms with Crippen molar-refractivity contribution in [1.82, 2.24) is 0 Å². The Labute approximate surface area is 375 Å². The van der Waals surface area contributed by atoms with Crippen LogP contribution in [0.5, 0.6) is 0 Å². The second kappa shape index (κ2) is 49.0. The molecule has 0 rings (SSSR count). The van der Waals surface area contributed by atoms with Crippen molar-refractivity contribution < 1.29 is 28.6 Å². The van der Waals surface area contributed by atoms with Gasteiger partial charge in [0.2, 0.25) is 0 Å². The summed E-state index contributed by atoms with van der Waals surface area (Å²) in [6.07, 6.45) is 64.0. The molecule has 346 valence electrons. The zero-order valence-corrected chi connectivity index (χ0v) is 39.4. The van der Waals surface area contributed by atoms with E-state index in [9.17, 15) is 14.4 Å². The first-order chi connectivity index (χ1) is 30.0. The van der Waals surface area contributed by atoms with Crippen molar-refractivity contribution in [2.45, 2.75) is 219 Å². The van der Waals surface area contributed by atoms with Gasteiger partial charge in [0, 0.05) is 19.3 Å². The van der Waals surface area contributed by atoms with Crippen molar-refractivity contribution in [2.24, 2.45) is 0 Å². The molecule has 6 nitrogen and oxygen atoms in total. The van der Waals surface area contributed by atoms with Gasteiger partial charge in [-0.2, -0.15) is 0 Å². The van der Waals surface area contributed by atoms with Crippen LogP contribution in [0.25, 0.3) is 0 Å². The molecule has 0 N–H and O–H groups in total. The number of esters is 3. The molecule has 0 aromatic heterocycles. The molecule has 6 heteroatoms. The van der Waals surface area contributed by atoms with E-state index in [1.54, 1.807) is 0 Å². The molecule has 0 amide bonds. The molecule has 0 aliphatic heterocycles. The number of hydrogen-bond acceptors (Lipinski definition) is 6. The van der Waals surface area contributed by atoms with Crippen molar-refractivity contribution in [1.29, 1.82) is 0 Å². The van der Waals surface area contributed by atoms with Crippen molar-refractivity contribution in [3.05, 3.63) is 97.2 Å². The van der Waals surface area contributed by atoms with Crippen LogP contribution in [0.15, 0.2) is 97.2 Å². The maximum atomic E-state index is 12.7. The Morgan fingerprint density at radius 3 is 1.16 bits per heavy atom. The summed E-state index contributed by atoms with van der Waals surface area (Å²) >= 11 is 0. The van der Waals surface area contributed by atoms with Crippen LogP contribution in [-0.4, -0.2) is 37.2 Å². The van der Waals surface area contributed by atoms with Crippen LogP contribution in [0.3, 0.4) is 0 Å². The fourth-order valence-corrected chi connectivity index (χ4v) is 6.44. The van der Waals surface area contributed by atoms with E-state index in [1.807, 2.05) is 54.7 Å². The van der Waals surface area contributed by atoms with Gasteiger partial charge in [-0.3, -0.25) is 14.4 Å². The second-order valence-corrected chi connectivity index (χ2v) is 16.1. The SMILES string of the molecule is CC\C=C/C=C\C=C/C=C\C=C/CCCC(=O)OC(COC(=O)CCCCCCC/C=C\CCCC)COC(=O)CCCCCCCCCCCC/C=C\C=C/CCCCC. The average Bonchev–Trinajstić information content (AvgIpc) is 3.26. The minimum Gasteiger partial charge on any atom is -0.462 e. The van der Waals surface area contributed by atoms with Gasteiger partial charge in [0.05, 0.1) is 0 Å². The van der Waals surface area contributed by atoms with Gasteiger partial charge in [-0.15, -0.1) is 0 Å². The molecule has 1 atom stereocenters. The Balaban J connectivity index is 4.44. The lowest BCUT2D eigenvalue weighted by Crippen LogP contribution is -2.30. The first-order valence-corrected chi connectivity index (χ1v) is 24.8. The predicted octanol–water partition coefficient (Wildman–Crippen LogP) is 16.2. The molecule has 0 bridgehead atoms. The van der Waals surface area contributed by atoms with Crippen molar-refractivity contribution in [2.75, 3.05) is 13.2 Å². The van der Waals surface area contributed by atoms with E-state index < -0.39 is 6.10 Å². The first kappa shape index (κ1) is 57.3. The van der Waals surface area contributed by atoms with E-state index in [2.05, 4.69) is 63.3 Å². The lowest BCUT2D eigenvalue weighted by Gasteiger charge is -2.18. The molecule has 0 fully saturated rings. The molecule has 0 aliphatic rings. The third-order valence-electron chi connectivity index (χ3n) is 10.2. The highest BCUT2D eigenvalue weighted by Crippen LogP contribution is 2.14. The number of unbranched alkanes of at least 4 members (excludes halogenated alkanes) is 21. The van der Waals surface area contributed by atoms with Crippen LogP contribution in [0.4, 0.5) is 0 Å². The van der Waals surface area contributed by atoms with E-state index in [0.29, 0.717) is 19.3 Å². The van der Waals surface area contributed by atoms with E-state index >= 15 is 0 Å². The Kier molecular flexibility index (Phi) is 46.0. The lowest BCUT2D eigenvalue weighted by atomic mass is 10.1. The Morgan fingerprint density at radius 1 is 0.344 bits per heavy atom. The molecular formula is C55H90O6. The summed E-state index contributed by atoms with van der Waals surface area (Å²) in [5, 5.41) is 0. The van der Waals surface area contributed by atoms with Gasteiger partial charge in [0.15, 0.2) is 6.10 Å². The molecule has 0 saturated carbocycles. The molecule has 0 heterocycles. The average molecular weight is 847 g/mol. The van der Waals surface area contributed by atoms with E-state index in [0.717, 1.165) is 64.2 Å². The largest absolute Gasteiger partial charge is 0.462 e. The van der Waals surface area contributed by atoms with Gasteiger partial charge in [-0.25, -0.2) is 0 Å². The standard InChI is InChI=1S/C55H90O6/c1-4-7-10-13-16-19-22-24-25-26-27-28-29-31-33-36-39-42-45-48-54(57)60-51-52(50-59-53(56)47-44-41-38-35-32-21-18-15-12-9-6-3)61-55(58)49-46-43-40-37-34-30-23-20-17-14-11-8-5-2/h8,11,14-20,22-24,30,34,37,40,52H,4-7,9-10,12-13,21,25-29,31-33,35-36,38-39,41-51H2,1-3H3/b11-8-,17-14-,18-15-,19-16-,23-20-,24-22-,34-30-,40-37-. The van der Waals surface area contributed by atoms with E-state index in [1.165, 1.54) is 103 Å². The zero-order valence-electron chi connectivity index (χ0n) is 39.4. The molecule has 0 saturated heterocycles. The first-order valence-electron chi connectivity index (χ1n) is 24.8. The van der Waals surface area contributed by atoms with Gasteiger partial charge >= 0.3 is 17.9 Å². The van der Waals surface area contributed by atoms with Crippen LogP contribution in [0.2, 0.25) is 0 Å². The van der Waals surface area contributed by atoms with Crippen LogP contribution >= 0.6 is 0 Å². The Bertz CT molecular complexity index is 1250. The highest BCUT2D eigenvalue weighted by Gasteiger charge is 2.19. The van der Waals surface area contributed by atoms with Crippen molar-refractivity contribution >= 4 is 17.9 Å². The minimum absolute atomic E-state index is 0.112. The van der Waals surface area contributed by atoms with Crippen LogP contribution in [0, 0.1) is 0 Å². The van der Waals surface area contributed by atoms with E-state index in [4.69, 9.17) is 14.2 Å². The number of carbonyl (C=O) groups is 3. The van der Waals surface area contributed by atoms with E-state index in [-0.39, 0.29) is 37.5 Å². The van der Waals surface area contributed by atoms with Crippen LogP contribution < -0.4 is 0 Å². The number of ether oxygens (including phenoxy) is 3. The van der Waals surface area contributed by atoms with Gasteiger partial charge < -0.3 is 14.2 Å². The third kappa shape index (κ3) is 47.2. The summed E-state index contributed by atoms with van der Waals surface area (Å²) in [5.41, 5.74) is 0. The summed E-state index contributed by atoms with van der Waals surface area (Å²) < 4.78 is 16.7. The third-order valence-corrected chi connectivity index (χ3v) is 10.2. The molecule has 0 radical (unpaired) electrons. The number of allylic oxidation sites excluding steroid dienone is 16. The van der Waals surface area contributed by atoms with Crippen molar-refractivity contribution in [3.8, 4) is 0 Å². The second-order valence-electron chi connectivity index (χ2n) is 16.1. The molecule has 0 aliphatic carbocycles. The van der Waals surface area contributed by atoms with Gasteiger partial charge in [0.25, 0.3) is 0 Å². The van der Waals surface area contributed by atoms with Gasteiger partial charge in [-0.05, 0) is 77.0 Å². The number of carbonyl (C=O) groups excluding carboxylic acids is 3. The fraction of sp³-hybridized carbons (Fsp3) is 0.655. The fourth-order valence-electron chi connectivity index (χ4n) is 6.44. The smallest absolute Gasteiger partial charge is 0.306 e. The maximum absolute atomic E-state index is 12.7. The topological polar surface area (TPSA) is 78.9 Å². The summed E-state index contributed by atoms with van der Waals surface area (Å²) in [6, 6.07) is 0. The molecule has 0 aromatic rings. The monoisotopic (exact) mass is 847 g/mol. The normalized spacial score (nSPS) is 12.9. The van der Waals surface area contributed by atoms with Crippen LogP contribution in [-0.2, 0) is 28.6 Å². The quantitative estimate of drug-likeness (QED) is 0.0200. The summed E-state index contributed by atoms with van der Waals surface area (Å²) in [5.74, 6) is -1.01. The summed E-state index contributed by atoms with van der Waals surface area (Å²) in [7, 11) is 0. The van der Waals surface area contributed by atoms with Gasteiger partial charge in [-0.1, -0.05) is 214 Å². The maximum Gasteiger partial charge on any atom is 0.306 e. The Morgan fingerprint density at radius 2 is 0.689 bits per heavy atom. The molecule has 61 heavy (non-hydrogen) atoms. The highest BCUT2D eigenvalue weighted by atomic mass is 16.6. The number of hydrogen-bond donors (Lipinski definition) is 0. The Hall–Kier alpha value is -3.67. The summed E-state index contributed by atoms with van der Waals surface area (Å²) in [6.45, 7) is 6.34. The lowest BCUT2D eigenvalue weighted by molar-refractivity contribution is -0.167. The predicted molar refractivity (Wildman–Crippen MR) is 260 cm³/mol. The zero-order chi connectivity index (χ0) is 44.4. The molecule has 1 unspecified atom stereocenters. The van der Waals surface area contributed by atoms with Crippen LogP contribution in [0.1, 0.15) is 213 Å². The molecule has 0 aromatic carbocycles. The van der Waals surface area contributed by atoms with Crippen molar-refractivity contribution in [3.63, 3.8) is 0 Å².